The Hall–Kier alpha value is -4.71. The van der Waals surface area contributed by atoms with E-state index >= 15 is 0 Å². The summed E-state index contributed by atoms with van der Waals surface area (Å²) in [6.07, 6.45) is 6.17. The van der Waals surface area contributed by atoms with Gasteiger partial charge in [0, 0.05) is 19.2 Å². The maximum Gasteiger partial charge on any atom is 0.247 e. The predicted octanol–water partition coefficient (Wildman–Crippen LogP) is 5.36. The van der Waals surface area contributed by atoms with Gasteiger partial charge in [-0.05, 0) is 36.3 Å². The topological polar surface area (TPSA) is 70.8 Å². The smallest absolute Gasteiger partial charge is 0.247 e. The molecule has 0 saturated carbocycles. The molecule has 0 saturated heterocycles. The first-order chi connectivity index (χ1) is 18.4. The van der Waals surface area contributed by atoms with Crippen LogP contribution in [-0.4, -0.2) is 34.7 Å². The average molecular weight is 507 g/mol. The molecule has 6 heteroatoms. The van der Waals surface area contributed by atoms with Crippen LogP contribution >= 0.6 is 0 Å². The van der Waals surface area contributed by atoms with Crippen molar-refractivity contribution in [3.63, 3.8) is 0 Å². The zero-order valence-electron chi connectivity index (χ0n) is 21.4. The zero-order valence-corrected chi connectivity index (χ0v) is 21.4. The average Bonchev–Trinajstić information content (AvgIpc) is 2.94. The van der Waals surface area contributed by atoms with Crippen LogP contribution in [0.15, 0.2) is 113 Å². The van der Waals surface area contributed by atoms with Crippen LogP contribution in [0.5, 0.6) is 0 Å². The van der Waals surface area contributed by atoms with Crippen LogP contribution in [-0.2, 0) is 22.7 Å². The second kappa shape index (κ2) is 12.5. The fourth-order valence-electron chi connectivity index (χ4n) is 4.12. The summed E-state index contributed by atoms with van der Waals surface area (Å²) in [4.78, 5) is 42.8. The molecule has 4 aromatic rings. The highest BCUT2D eigenvalue weighted by Gasteiger charge is 2.22. The van der Waals surface area contributed by atoms with Crippen LogP contribution in [0.2, 0.25) is 0 Å². The van der Waals surface area contributed by atoms with Crippen molar-refractivity contribution >= 4 is 28.9 Å². The summed E-state index contributed by atoms with van der Waals surface area (Å²) in [5, 5.41) is 0.476. The second-order valence-electron chi connectivity index (χ2n) is 9.08. The Kier molecular flexibility index (Phi) is 8.67. The molecule has 6 nitrogen and oxygen atoms in total. The van der Waals surface area contributed by atoms with E-state index in [0.29, 0.717) is 16.5 Å². The van der Waals surface area contributed by atoms with Gasteiger partial charge in [0.15, 0.2) is 5.43 Å². The van der Waals surface area contributed by atoms with Gasteiger partial charge in [0.05, 0.1) is 23.8 Å². The largest absolute Gasteiger partial charge is 0.464 e. The molecule has 1 aromatic heterocycles. The van der Waals surface area contributed by atoms with Crippen molar-refractivity contribution in [2.45, 2.75) is 20.0 Å². The number of hydrogen-bond donors (Lipinski definition) is 0. The van der Waals surface area contributed by atoms with Gasteiger partial charge < -0.3 is 14.2 Å². The van der Waals surface area contributed by atoms with Gasteiger partial charge in [-0.25, -0.2) is 0 Å². The molecule has 0 bridgehead atoms. The number of benzene rings is 3. The maximum absolute atomic E-state index is 13.6. The van der Waals surface area contributed by atoms with E-state index in [1.54, 1.807) is 29.2 Å². The van der Waals surface area contributed by atoms with E-state index < -0.39 is 0 Å². The van der Waals surface area contributed by atoms with Crippen molar-refractivity contribution in [2.24, 2.45) is 0 Å². The Balaban J connectivity index is 1.59. The van der Waals surface area contributed by atoms with Gasteiger partial charge in [0.25, 0.3) is 0 Å². The van der Waals surface area contributed by atoms with Crippen LogP contribution in [0, 0.1) is 6.92 Å². The Bertz CT molecular complexity index is 1510. The summed E-state index contributed by atoms with van der Waals surface area (Å²) in [6.45, 7) is 6.03. The van der Waals surface area contributed by atoms with E-state index in [-0.39, 0.29) is 43.4 Å². The fourth-order valence-corrected chi connectivity index (χ4v) is 4.12. The van der Waals surface area contributed by atoms with Crippen LogP contribution in [0.25, 0.3) is 17.0 Å². The molecule has 4 rings (SSSR count). The molecule has 192 valence electrons. The molecule has 0 spiro atoms. The van der Waals surface area contributed by atoms with Crippen LogP contribution in [0.4, 0.5) is 0 Å². The number of hydrogen-bond acceptors (Lipinski definition) is 4. The van der Waals surface area contributed by atoms with E-state index in [0.717, 1.165) is 16.7 Å². The number of aryl methyl sites for hydroxylation is 1. The van der Waals surface area contributed by atoms with Gasteiger partial charge in [0.1, 0.15) is 12.1 Å². The molecular formula is C32H30N2O4. The highest BCUT2D eigenvalue weighted by atomic mass is 16.3. The number of carbonyl (C=O) groups is 2. The first-order valence-corrected chi connectivity index (χ1v) is 12.4. The van der Waals surface area contributed by atoms with Gasteiger partial charge in [-0.15, -0.1) is 6.58 Å². The minimum Gasteiger partial charge on any atom is -0.464 e. The Morgan fingerprint density at radius 1 is 0.921 bits per heavy atom. The highest BCUT2D eigenvalue weighted by molar-refractivity contribution is 5.94. The van der Waals surface area contributed by atoms with Crippen LogP contribution in [0.3, 0.4) is 0 Å². The van der Waals surface area contributed by atoms with Gasteiger partial charge in [-0.1, -0.05) is 78.4 Å². The quantitative estimate of drug-likeness (QED) is 0.215. The Morgan fingerprint density at radius 2 is 1.63 bits per heavy atom. The minimum atomic E-state index is -0.303. The van der Waals surface area contributed by atoms with E-state index in [4.69, 9.17) is 4.42 Å². The molecule has 0 atom stereocenters. The summed E-state index contributed by atoms with van der Waals surface area (Å²) in [6, 6.07) is 24.4. The van der Waals surface area contributed by atoms with Crippen LogP contribution < -0.4 is 5.43 Å². The zero-order chi connectivity index (χ0) is 26.9. The predicted molar refractivity (Wildman–Crippen MR) is 150 cm³/mol. The maximum atomic E-state index is 13.6. The summed E-state index contributed by atoms with van der Waals surface area (Å²) in [7, 11) is 0. The molecule has 1 heterocycles. The fraction of sp³-hybridized carbons (Fsp3) is 0.156. The molecular weight excluding hydrogens is 476 g/mol. The molecule has 0 aliphatic heterocycles. The number of amides is 2. The molecule has 0 fully saturated rings. The van der Waals surface area contributed by atoms with Crippen molar-refractivity contribution in [2.75, 3.05) is 13.1 Å². The lowest BCUT2D eigenvalue weighted by molar-refractivity contribution is -0.138. The summed E-state index contributed by atoms with van der Waals surface area (Å²) < 4.78 is 5.72. The summed E-state index contributed by atoms with van der Waals surface area (Å²) in [5.74, 6) is -0.594. The van der Waals surface area contributed by atoms with Gasteiger partial charge >= 0.3 is 0 Å². The summed E-state index contributed by atoms with van der Waals surface area (Å²) in [5.41, 5.74) is 3.44. The number of fused-ring (bicyclic) bond motifs is 1. The molecule has 0 aliphatic rings. The molecule has 0 aliphatic carbocycles. The van der Waals surface area contributed by atoms with Gasteiger partial charge in [-0.3, -0.25) is 14.4 Å². The van der Waals surface area contributed by atoms with E-state index in [9.17, 15) is 14.4 Å². The Morgan fingerprint density at radius 3 is 2.34 bits per heavy atom. The van der Waals surface area contributed by atoms with Crippen molar-refractivity contribution < 1.29 is 14.0 Å². The SMILES string of the molecule is C=CCN(CC(=O)N(Cc1ccccc1)Cc1coc2ccc(C)cc2c1=O)C(=O)C=Cc1ccccc1. The molecule has 38 heavy (non-hydrogen) atoms. The molecule has 0 N–H and O–H groups in total. The summed E-state index contributed by atoms with van der Waals surface area (Å²) >= 11 is 0. The monoisotopic (exact) mass is 506 g/mol. The third kappa shape index (κ3) is 6.73. The molecule has 0 radical (unpaired) electrons. The lowest BCUT2D eigenvalue weighted by Crippen LogP contribution is -2.42. The first-order valence-electron chi connectivity index (χ1n) is 12.4. The third-order valence-electron chi connectivity index (χ3n) is 6.13. The van der Waals surface area contributed by atoms with Gasteiger partial charge in [0.2, 0.25) is 11.8 Å². The van der Waals surface area contributed by atoms with E-state index in [1.807, 2.05) is 73.7 Å². The van der Waals surface area contributed by atoms with E-state index in [1.165, 1.54) is 17.2 Å². The molecule has 3 aromatic carbocycles. The lowest BCUT2D eigenvalue weighted by Gasteiger charge is -2.26. The third-order valence-corrected chi connectivity index (χ3v) is 6.13. The van der Waals surface area contributed by atoms with Crippen molar-refractivity contribution in [1.29, 1.82) is 0 Å². The van der Waals surface area contributed by atoms with E-state index in [2.05, 4.69) is 6.58 Å². The second-order valence-corrected chi connectivity index (χ2v) is 9.08. The molecule has 0 unspecified atom stereocenters. The Labute approximate surface area is 222 Å². The normalized spacial score (nSPS) is 11.0. The van der Waals surface area contributed by atoms with Crippen LogP contribution in [0.1, 0.15) is 22.3 Å². The van der Waals surface area contributed by atoms with Gasteiger partial charge in [-0.2, -0.15) is 0 Å². The number of rotatable bonds is 10. The number of nitrogens with zero attached hydrogens (tertiary/aromatic N) is 2. The highest BCUT2D eigenvalue weighted by Crippen LogP contribution is 2.16. The number of carbonyl (C=O) groups excluding carboxylic acids is 2. The van der Waals surface area contributed by atoms with Crippen molar-refractivity contribution in [1.82, 2.24) is 9.80 Å². The van der Waals surface area contributed by atoms with Crippen molar-refractivity contribution in [3.8, 4) is 0 Å². The standard InChI is InChI=1S/C32H30N2O4/c1-3-18-33(30(35)17-15-25-10-6-4-7-11-25)22-31(36)34(20-26-12-8-5-9-13-26)21-27-23-38-29-16-14-24(2)19-28(29)32(27)37/h3-17,19,23H,1,18,20-22H2,2H3. The van der Waals surface area contributed by atoms with Crippen molar-refractivity contribution in [3.05, 3.63) is 136 Å². The first kappa shape index (κ1) is 26.4. The lowest BCUT2D eigenvalue weighted by atomic mass is 10.1. The minimum absolute atomic E-state index is 0.0515. The molecule has 2 amide bonds.